The molecular weight excluding hydrogens is 206 g/mol. The molecule has 0 amide bonds. The molecule has 6 heteroatoms. The summed E-state index contributed by atoms with van der Waals surface area (Å²) in [5, 5.41) is 8.45. The average Bonchev–Trinajstić information content (AvgIpc) is 2.14. The lowest BCUT2D eigenvalue weighted by Crippen LogP contribution is -2.39. The molecule has 0 aliphatic carbocycles. The van der Waals surface area contributed by atoms with Crippen LogP contribution in [-0.4, -0.2) is 56.5 Å². The van der Waals surface area contributed by atoms with E-state index >= 15 is 0 Å². The molecule has 1 aliphatic rings. The number of hydrogen-bond acceptors (Lipinski definition) is 4. The van der Waals surface area contributed by atoms with Crippen LogP contribution in [-0.2, 0) is 14.8 Å². The summed E-state index contributed by atoms with van der Waals surface area (Å²) in [6, 6.07) is 0. The van der Waals surface area contributed by atoms with E-state index in [1.54, 1.807) is 0 Å². The number of hydrogen-bond donors (Lipinski definition) is 1. The fraction of sp³-hybridized carbons (Fsp3) is 1.00. The van der Waals surface area contributed by atoms with Crippen molar-refractivity contribution in [2.75, 3.05) is 38.7 Å². The van der Waals surface area contributed by atoms with Crippen molar-refractivity contribution in [3.63, 3.8) is 0 Å². The van der Waals surface area contributed by atoms with Gasteiger partial charge in [-0.05, 0) is 12.8 Å². The standard InChI is InChI=1S/C8H17NO4S/c10-5-7-13-6-4-9-3-1-2-8-14(9,11)12/h10H,1-8H2. The maximum absolute atomic E-state index is 11.5. The lowest BCUT2D eigenvalue weighted by Gasteiger charge is -2.25. The van der Waals surface area contributed by atoms with E-state index in [0.29, 0.717) is 19.7 Å². The molecule has 0 aromatic heterocycles. The van der Waals surface area contributed by atoms with Gasteiger partial charge in [-0.2, -0.15) is 4.31 Å². The number of rotatable bonds is 5. The van der Waals surface area contributed by atoms with Gasteiger partial charge in [0.1, 0.15) is 0 Å². The van der Waals surface area contributed by atoms with Crippen LogP contribution in [0.4, 0.5) is 0 Å². The second-order valence-corrected chi connectivity index (χ2v) is 5.35. The van der Waals surface area contributed by atoms with Crippen LogP contribution < -0.4 is 0 Å². The van der Waals surface area contributed by atoms with Gasteiger partial charge in [0.05, 0.1) is 25.6 Å². The Kier molecular flexibility index (Phi) is 4.80. The molecule has 1 aliphatic heterocycles. The maximum atomic E-state index is 11.5. The fourth-order valence-corrected chi connectivity index (χ4v) is 3.01. The van der Waals surface area contributed by atoms with Crippen molar-refractivity contribution in [3.05, 3.63) is 0 Å². The highest BCUT2D eigenvalue weighted by atomic mass is 32.2. The molecule has 0 bridgehead atoms. The van der Waals surface area contributed by atoms with Crippen molar-refractivity contribution in [3.8, 4) is 0 Å². The van der Waals surface area contributed by atoms with E-state index in [1.807, 2.05) is 0 Å². The van der Waals surface area contributed by atoms with Crippen LogP contribution in [0.25, 0.3) is 0 Å². The average molecular weight is 223 g/mol. The SMILES string of the molecule is O=S1(=O)CCCCN1CCOCCO. The smallest absolute Gasteiger partial charge is 0.214 e. The van der Waals surface area contributed by atoms with Crippen LogP contribution in [0.15, 0.2) is 0 Å². The lowest BCUT2D eigenvalue weighted by molar-refractivity contribution is 0.0849. The van der Waals surface area contributed by atoms with Crippen molar-refractivity contribution in [1.82, 2.24) is 4.31 Å². The van der Waals surface area contributed by atoms with Crippen LogP contribution >= 0.6 is 0 Å². The van der Waals surface area contributed by atoms with Crippen molar-refractivity contribution in [2.45, 2.75) is 12.8 Å². The Morgan fingerprint density at radius 1 is 1.29 bits per heavy atom. The van der Waals surface area contributed by atoms with Gasteiger partial charge in [0.25, 0.3) is 0 Å². The molecule has 1 rings (SSSR count). The molecule has 5 nitrogen and oxygen atoms in total. The number of aliphatic hydroxyl groups is 1. The van der Waals surface area contributed by atoms with E-state index in [4.69, 9.17) is 9.84 Å². The van der Waals surface area contributed by atoms with Crippen LogP contribution in [0.2, 0.25) is 0 Å². The molecular formula is C8H17NO4S. The Bertz CT molecular complexity index is 252. The van der Waals surface area contributed by atoms with Gasteiger partial charge in [0.2, 0.25) is 10.0 Å². The summed E-state index contributed by atoms with van der Waals surface area (Å²) >= 11 is 0. The van der Waals surface area contributed by atoms with Crippen molar-refractivity contribution in [2.24, 2.45) is 0 Å². The summed E-state index contributed by atoms with van der Waals surface area (Å²) in [6.07, 6.45) is 1.69. The van der Waals surface area contributed by atoms with Crippen molar-refractivity contribution < 1.29 is 18.3 Å². The topological polar surface area (TPSA) is 66.8 Å². The summed E-state index contributed by atoms with van der Waals surface area (Å²) in [6.45, 7) is 1.62. The highest BCUT2D eigenvalue weighted by Gasteiger charge is 2.24. The Hall–Kier alpha value is -0.170. The number of nitrogens with zero attached hydrogens (tertiary/aromatic N) is 1. The zero-order valence-electron chi connectivity index (χ0n) is 8.18. The summed E-state index contributed by atoms with van der Waals surface area (Å²) in [5.41, 5.74) is 0. The van der Waals surface area contributed by atoms with E-state index in [0.717, 1.165) is 12.8 Å². The molecule has 0 aromatic carbocycles. The maximum Gasteiger partial charge on any atom is 0.214 e. The third-order valence-corrected chi connectivity index (χ3v) is 4.13. The van der Waals surface area contributed by atoms with Crippen LogP contribution in [0.3, 0.4) is 0 Å². The Morgan fingerprint density at radius 3 is 2.71 bits per heavy atom. The molecule has 14 heavy (non-hydrogen) atoms. The zero-order valence-corrected chi connectivity index (χ0v) is 9.00. The highest BCUT2D eigenvalue weighted by Crippen LogP contribution is 2.12. The lowest BCUT2D eigenvalue weighted by atomic mass is 10.3. The van der Waals surface area contributed by atoms with Gasteiger partial charge >= 0.3 is 0 Å². The van der Waals surface area contributed by atoms with Crippen LogP contribution in [0.5, 0.6) is 0 Å². The molecule has 0 spiro atoms. The van der Waals surface area contributed by atoms with Crippen molar-refractivity contribution >= 4 is 10.0 Å². The first-order valence-corrected chi connectivity index (χ1v) is 6.44. The van der Waals surface area contributed by atoms with Gasteiger partial charge in [-0.1, -0.05) is 0 Å². The van der Waals surface area contributed by atoms with E-state index in [1.165, 1.54) is 4.31 Å². The Morgan fingerprint density at radius 2 is 2.07 bits per heavy atom. The van der Waals surface area contributed by atoms with Crippen molar-refractivity contribution in [1.29, 1.82) is 0 Å². The van der Waals surface area contributed by atoms with Gasteiger partial charge in [-0.3, -0.25) is 0 Å². The third-order valence-electron chi connectivity index (χ3n) is 2.17. The van der Waals surface area contributed by atoms with Crippen LogP contribution in [0.1, 0.15) is 12.8 Å². The molecule has 1 heterocycles. The van der Waals surface area contributed by atoms with Crippen LogP contribution in [0, 0.1) is 0 Å². The van der Waals surface area contributed by atoms with E-state index in [9.17, 15) is 8.42 Å². The van der Waals surface area contributed by atoms with Gasteiger partial charge in [0, 0.05) is 13.1 Å². The second-order valence-electron chi connectivity index (χ2n) is 3.26. The summed E-state index contributed by atoms with van der Waals surface area (Å²) in [7, 11) is -3.02. The Labute approximate surface area is 84.7 Å². The normalized spacial score (nSPS) is 22.4. The predicted molar refractivity (Wildman–Crippen MR) is 52.5 cm³/mol. The fourth-order valence-electron chi connectivity index (χ4n) is 1.42. The zero-order chi connectivity index (χ0) is 10.4. The molecule has 1 saturated heterocycles. The molecule has 1 N–H and O–H groups in total. The largest absolute Gasteiger partial charge is 0.394 e. The summed E-state index contributed by atoms with van der Waals surface area (Å²) in [5.74, 6) is 0.257. The van der Waals surface area contributed by atoms with E-state index in [-0.39, 0.29) is 19.0 Å². The molecule has 0 unspecified atom stereocenters. The molecule has 0 saturated carbocycles. The highest BCUT2D eigenvalue weighted by molar-refractivity contribution is 7.89. The molecule has 1 fully saturated rings. The van der Waals surface area contributed by atoms with E-state index < -0.39 is 10.0 Å². The molecule has 0 atom stereocenters. The van der Waals surface area contributed by atoms with Gasteiger partial charge in [-0.25, -0.2) is 8.42 Å². The monoisotopic (exact) mass is 223 g/mol. The number of sulfonamides is 1. The predicted octanol–water partition coefficient (Wildman–Crippen LogP) is -0.579. The Balaban J connectivity index is 2.28. The number of ether oxygens (including phenoxy) is 1. The second kappa shape index (κ2) is 5.65. The molecule has 0 radical (unpaired) electrons. The van der Waals surface area contributed by atoms with Gasteiger partial charge in [-0.15, -0.1) is 0 Å². The minimum atomic E-state index is -3.02. The first-order valence-electron chi connectivity index (χ1n) is 4.83. The van der Waals surface area contributed by atoms with Gasteiger partial charge < -0.3 is 9.84 Å². The first kappa shape index (κ1) is 11.9. The minimum absolute atomic E-state index is 0.0211. The summed E-state index contributed by atoms with van der Waals surface area (Å²) < 4.78 is 29.4. The van der Waals surface area contributed by atoms with Gasteiger partial charge in [0.15, 0.2) is 0 Å². The van der Waals surface area contributed by atoms with E-state index in [2.05, 4.69) is 0 Å². The minimum Gasteiger partial charge on any atom is -0.394 e. The molecule has 0 aromatic rings. The third kappa shape index (κ3) is 3.53. The first-order chi connectivity index (χ1) is 6.67. The number of aliphatic hydroxyl groups excluding tert-OH is 1. The molecule has 84 valence electrons. The summed E-state index contributed by atoms with van der Waals surface area (Å²) in [4.78, 5) is 0. The quantitative estimate of drug-likeness (QED) is 0.633.